The summed E-state index contributed by atoms with van der Waals surface area (Å²) in [5.74, 6) is -0.180. The van der Waals surface area contributed by atoms with Crippen LogP contribution in [0.25, 0.3) is 5.57 Å². The smallest absolute Gasteiger partial charge is 0.416 e. The van der Waals surface area contributed by atoms with E-state index in [4.69, 9.17) is 9.47 Å². The summed E-state index contributed by atoms with van der Waals surface area (Å²) >= 11 is 0. The molecule has 42 heavy (non-hydrogen) atoms. The first kappa shape index (κ1) is 31.7. The lowest BCUT2D eigenvalue weighted by Crippen LogP contribution is -2.35. The highest BCUT2D eigenvalue weighted by molar-refractivity contribution is 5.77. The molecule has 11 heteroatoms. The van der Waals surface area contributed by atoms with Crippen molar-refractivity contribution in [1.29, 1.82) is 0 Å². The highest BCUT2D eigenvalue weighted by Crippen LogP contribution is 2.47. The molecule has 2 atom stereocenters. The Morgan fingerprint density at radius 1 is 1.02 bits per heavy atom. The number of cyclic esters (lactones) is 1. The van der Waals surface area contributed by atoms with Crippen LogP contribution in [0.15, 0.2) is 35.9 Å². The Morgan fingerprint density at radius 3 is 2.14 bits per heavy atom. The summed E-state index contributed by atoms with van der Waals surface area (Å²) in [6.45, 7) is 9.51. The number of halogens is 7. The van der Waals surface area contributed by atoms with Crippen molar-refractivity contribution < 1.29 is 45.0 Å². The number of carbonyl (C=O) groups excluding carboxylic acids is 1. The number of ether oxygens (including phenoxy) is 2. The lowest BCUT2D eigenvalue weighted by molar-refractivity contribution is -0.143. The van der Waals surface area contributed by atoms with Gasteiger partial charge in [-0.15, -0.1) is 0 Å². The van der Waals surface area contributed by atoms with E-state index >= 15 is 0 Å². The molecule has 2 aromatic carbocycles. The molecule has 1 amide bonds. The van der Waals surface area contributed by atoms with Crippen LogP contribution in [0.1, 0.15) is 93.7 Å². The van der Waals surface area contributed by atoms with Gasteiger partial charge in [0, 0.05) is 18.2 Å². The van der Waals surface area contributed by atoms with Crippen molar-refractivity contribution in [2.24, 2.45) is 5.41 Å². The first-order valence-electron chi connectivity index (χ1n) is 13.7. The van der Waals surface area contributed by atoms with Gasteiger partial charge >= 0.3 is 18.4 Å². The summed E-state index contributed by atoms with van der Waals surface area (Å²) in [6.07, 6.45) is -10.3. The third kappa shape index (κ3) is 6.39. The minimum absolute atomic E-state index is 0.0462. The lowest BCUT2D eigenvalue weighted by Gasteiger charge is -2.36. The first-order valence-corrected chi connectivity index (χ1v) is 13.7. The van der Waals surface area contributed by atoms with E-state index in [1.807, 2.05) is 13.8 Å². The number of hydrogen-bond donors (Lipinski definition) is 0. The topological polar surface area (TPSA) is 38.8 Å². The van der Waals surface area contributed by atoms with Crippen LogP contribution in [-0.4, -0.2) is 30.7 Å². The van der Waals surface area contributed by atoms with E-state index in [-0.39, 0.29) is 29.5 Å². The normalized spacial score (nSPS) is 21.3. The van der Waals surface area contributed by atoms with Gasteiger partial charge < -0.3 is 9.47 Å². The fraction of sp³-hybridized carbons (Fsp3) is 0.516. The Kier molecular flexibility index (Phi) is 8.39. The minimum atomic E-state index is -5.03. The van der Waals surface area contributed by atoms with Crippen LogP contribution in [-0.2, 0) is 17.1 Å². The Morgan fingerprint density at radius 2 is 1.62 bits per heavy atom. The maximum atomic E-state index is 14.8. The van der Waals surface area contributed by atoms with E-state index in [0.717, 1.165) is 17.6 Å². The largest absolute Gasteiger partial charge is 0.496 e. The molecular weight excluding hydrogens is 567 g/mol. The molecule has 2 aliphatic rings. The third-order valence-electron chi connectivity index (χ3n) is 8.14. The molecule has 1 aliphatic carbocycles. The van der Waals surface area contributed by atoms with E-state index in [1.165, 1.54) is 25.0 Å². The molecule has 0 bridgehead atoms. The Hall–Kier alpha value is -3.24. The second kappa shape index (κ2) is 11.1. The zero-order valence-corrected chi connectivity index (χ0v) is 24.3. The van der Waals surface area contributed by atoms with Crippen LogP contribution in [0.4, 0.5) is 35.5 Å². The molecule has 230 valence electrons. The predicted octanol–water partition coefficient (Wildman–Crippen LogP) is 9.54. The summed E-state index contributed by atoms with van der Waals surface area (Å²) in [7, 11) is 1.44. The summed E-state index contributed by atoms with van der Waals surface area (Å²) < 4.78 is 107. The van der Waals surface area contributed by atoms with Crippen LogP contribution in [0, 0.1) is 11.2 Å². The average molecular weight is 602 g/mol. The summed E-state index contributed by atoms with van der Waals surface area (Å²) in [4.78, 5) is 14.4. The number of carbonyl (C=O) groups is 1. The number of nitrogens with zero attached hydrogens (tertiary/aromatic N) is 1. The fourth-order valence-corrected chi connectivity index (χ4v) is 5.72. The van der Waals surface area contributed by atoms with E-state index in [1.54, 1.807) is 6.07 Å². The molecule has 0 spiro atoms. The number of methoxy groups -OCH3 is 1. The second-order valence-electron chi connectivity index (χ2n) is 12.2. The molecule has 2 aromatic rings. The monoisotopic (exact) mass is 601 g/mol. The van der Waals surface area contributed by atoms with Crippen LogP contribution in [0.5, 0.6) is 5.75 Å². The Bertz CT molecular complexity index is 1360. The number of hydrogen-bond acceptors (Lipinski definition) is 3. The van der Waals surface area contributed by atoms with Crippen molar-refractivity contribution in [3.8, 4) is 5.75 Å². The molecule has 0 N–H and O–H groups in total. The lowest BCUT2D eigenvalue weighted by atomic mass is 9.72. The fourth-order valence-electron chi connectivity index (χ4n) is 5.72. The maximum absolute atomic E-state index is 14.8. The van der Waals surface area contributed by atoms with Crippen LogP contribution < -0.4 is 4.74 Å². The van der Waals surface area contributed by atoms with Crippen molar-refractivity contribution in [2.45, 2.75) is 84.3 Å². The van der Waals surface area contributed by atoms with Crippen molar-refractivity contribution in [2.75, 3.05) is 13.7 Å². The van der Waals surface area contributed by atoms with E-state index in [0.29, 0.717) is 41.9 Å². The van der Waals surface area contributed by atoms with Gasteiger partial charge in [-0.25, -0.2) is 9.18 Å². The zero-order chi connectivity index (χ0) is 31.4. The Labute approximate surface area is 240 Å². The van der Waals surface area contributed by atoms with Gasteiger partial charge in [0.1, 0.15) is 17.7 Å². The molecule has 4 rings (SSSR count). The summed E-state index contributed by atoms with van der Waals surface area (Å²) in [6, 6.07) is 3.46. The minimum Gasteiger partial charge on any atom is -0.496 e. The van der Waals surface area contributed by atoms with E-state index in [9.17, 15) is 35.5 Å². The highest BCUT2D eigenvalue weighted by Gasteiger charge is 2.44. The number of alkyl halides is 6. The van der Waals surface area contributed by atoms with Crippen molar-refractivity contribution in [1.82, 2.24) is 4.90 Å². The van der Waals surface area contributed by atoms with Crippen LogP contribution in [0.2, 0.25) is 0 Å². The van der Waals surface area contributed by atoms with Gasteiger partial charge in [0.05, 0.1) is 24.3 Å². The van der Waals surface area contributed by atoms with E-state index in [2.05, 4.69) is 13.8 Å². The van der Waals surface area contributed by atoms with Gasteiger partial charge in [-0.2, -0.15) is 26.3 Å². The highest BCUT2D eigenvalue weighted by atomic mass is 19.4. The van der Waals surface area contributed by atoms with Gasteiger partial charge in [-0.05, 0) is 84.1 Å². The molecule has 1 saturated heterocycles. The number of rotatable bonds is 6. The van der Waals surface area contributed by atoms with Gasteiger partial charge in [-0.1, -0.05) is 27.7 Å². The summed E-state index contributed by atoms with van der Waals surface area (Å²) in [5, 5.41) is 0. The van der Waals surface area contributed by atoms with Crippen molar-refractivity contribution >= 4 is 11.7 Å². The average Bonchev–Trinajstić information content (AvgIpc) is 3.16. The van der Waals surface area contributed by atoms with Crippen LogP contribution >= 0.6 is 0 Å². The van der Waals surface area contributed by atoms with Crippen molar-refractivity contribution in [3.63, 3.8) is 0 Å². The van der Waals surface area contributed by atoms with Gasteiger partial charge in [0.15, 0.2) is 0 Å². The standard InChI is InChI=1S/C31H34F7NO3/c1-16(2)22-12-23(26(41-6)13-25(22)32)24-14-29(4,5)8-7-18(24)15-39-17(3)27(42-28(39)40)19-9-20(30(33,34)35)11-21(10-19)31(36,37)38/h9-13,16-17,27H,7-8,14-15H2,1-6H3. The van der Waals surface area contributed by atoms with Crippen LogP contribution in [0.3, 0.4) is 0 Å². The number of allylic oxidation sites excluding steroid dienone is 1. The molecule has 2 unspecified atom stereocenters. The maximum Gasteiger partial charge on any atom is 0.416 e. The molecule has 0 saturated carbocycles. The molecule has 1 heterocycles. The zero-order valence-electron chi connectivity index (χ0n) is 24.3. The second-order valence-corrected chi connectivity index (χ2v) is 12.2. The molecular formula is C31H34F7NO3. The quantitative estimate of drug-likeness (QED) is 0.310. The molecule has 0 radical (unpaired) electrons. The summed E-state index contributed by atoms with van der Waals surface area (Å²) in [5.41, 5.74) is -0.556. The SMILES string of the molecule is COc1cc(F)c(C(C)C)cc1C1=C(CN2C(=O)OC(c3cc(C(F)(F)F)cc(C(F)(F)F)c3)C2C)CCC(C)(C)C1. The number of amides is 1. The van der Waals surface area contributed by atoms with Gasteiger partial charge in [0.25, 0.3) is 0 Å². The number of benzene rings is 2. The molecule has 0 aromatic heterocycles. The third-order valence-corrected chi connectivity index (χ3v) is 8.14. The predicted molar refractivity (Wildman–Crippen MR) is 143 cm³/mol. The van der Waals surface area contributed by atoms with E-state index < -0.39 is 47.5 Å². The first-order chi connectivity index (χ1) is 19.3. The van der Waals surface area contributed by atoms with Gasteiger partial charge in [-0.3, -0.25) is 4.90 Å². The molecule has 4 nitrogen and oxygen atoms in total. The van der Waals surface area contributed by atoms with Gasteiger partial charge in [0.2, 0.25) is 0 Å². The van der Waals surface area contributed by atoms with Crippen molar-refractivity contribution in [3.05, 3.63) is 69.5 Å². The molecule has 1 aliphatic heterocycles. The Balaban J connectivity index is 1.76. The molecule has 1 fully saturated rings.